The molecule has 0 unspecified atom stereocenters. The van der Waals surface area contributed by atoms with Gasteiger partial charge in [0.05, 0.1) is 5.56 Å². The molecule has 0 aliphatic heterocycles. The summed E-state index contributed by atoms with van der Waals surface area (Å²) in [6.45, 7) is 0. The van der Waals surface area contributed by atoms with E-state index >= 15 is 0 Å². The monoisotopic (exact) mass is 387 g/mol. The predicted molar refractivity (Wildman–Crippen MR) is 77.9 cm³/mol. The van der Waals surface area contributed by atoms with Crippen LogP contribution in [-0.4, -0.2) is 11.0 Å². The van der Waals surface area contributed by atoms with Crippen LogP contribution >= 0.6 is 31.9 Å². The molecule has 0 saturated carbocycles. The predicted octanol–water partition coefficient (Wildman–Crippen LogP) is 4.31. The number of benzene rings is 2. The molecule has 98 valence electrons. The molecular formula is C13H8Br2FNO2. The van der Waals surface area contributed by atoms with Gasteiger partial charge in [-0.05, 0) is 46.3 Å². The Morgan fingerprint density at radius 2 is 1.89 bits per heavy atom. The molecule has 0 atom stereocenters. The van der Waals surface area contributed by atoms with E-state index in [1.54, 1.807) is 18.2 Å². The minimum absolute atomic E-state index is 0.273. The molecule has 0 aliphatic carbocycles. The van der Waals surface area contributed by atoms with E-state index in [9.17, 15) is 9.18 Å². The third-order valence-electron chi connectivity index (χ3n) is 2.38. The Bertz CT molecular complexity index is 647. The minimum atomic E-state index is -0.785. The van der Waals surface area contributed by atoms with E-state index in [0.717, 1.165) is 10.5 Å². The lowest BCUT2D eigenvalue weighted by atomic mass is 10.2. The number of hydrogen-bond acceptors (Lipinski definition) is 2. The summed E-state index contributed by atoms with van der Waals surface area (Å²) in [5.74, 6) is -1.61. The number of carbonyl (C=O) groups excluding carboxylic acids is 1. The number of carbonyl (C=O) groups is 1. The first-order chi connectivity index (χ1) is 8.97. The fourth-order valence-electron chi connectivity index (χ4n) is 1.46. The van der Waals surface area contributed by atoms with Gasteiger partial charge in [-0.1, -0.05) is 15.9 Å². The van der Waals surface area contributed by atoms with E-state index < -0.39 is 11.6 Å². The van der Waals surface area contributed by atoms with Gasteiger partial charge in [0, 0.05) is 20.7 Å². The van der Waals surface area contributed by atoms with Crippen molar-refractivity contribution in [2.45, 2.75) is 0 Å². The van der Waals surface area contributed by atoms with Crippen molar-refractivity contribution in [3.8, 4) is 5.75 Å². The molecular weight excluding hydrogens is 381 g/mol. The fourth-order valence-corrected chi connectivity index (χ4v) is 2.68. The van der Waals surface area contributed by atoms with Crippen molar-refractivity contribution < 1.29 is 14.3 Å². The minimum Gasteiger partial charge on any atom is -0.505 e. The molecule has 0 spiro atoms. The van der Waals surface area contributed by atoms with Crippen LogP contribution in [0.5, 0.6) is 5.75 Å². The van der Waals surface area contributed by atoms with Gasteiger partial charge in [-0.2, -0.15) is 0 Å². The fraction of sp³-hybridized carbons (Fsp3) is 0. The highest BCUT2D eigenvalue weighted by molar-refractivity contribution is 9.11. The lowest BCUT2D eigenvalue weighted by Gasteiger charge is -2.07. The smallest absolute Gasteiger partial charge is 0.256 e. The molecule has 0 saturated heterocycles. The third-order valence-corrected chi connectivity index (χ3v) is 3.53. The van der Waals surface area contributed by atoms with Crippen LogP contribution in [0.4, 0.5) is 10.1 Å². The van der Waals surface area contributed by atoms with Crippen molar-refractivity contribution in [2.24, 2.45) is 0 Å². The van der Waals surface area contributed by atoms with Gasteiger partial charge in [0.15, 0.2) is 11.6 Å². The van der Waals surface area contributed by atoms with Crippen LogP contribution in [0.2, 0.25) is 0 Å². The number of amides is 1. The first-order valence-electron chi connectivity index (χ1n) is 5.22. The van der Waals surface area contributed by atoms with Crippen LogP contribution in [0, 0.1) is 5.82 Å². The number of nitrogens with one attached hydrogen (secondary N) is 1. The van der Waals surface area contributed by atoms with E-state index in [2.05, 4.69) is 37.2 Å². The first kappa shape index (κ1) is 14.0. The van der Waals surface area contributed by atoms with E-state index in [-0.39, 0.29) is 11.6 Å². The Hall–Kier alpha value is -1.40. The Balaban J connectivity index is 2.23. The van der Waals surface area contributed by atoms with E-state index in [1.165, 1.54) is 12.1 Å². The van der Waals surface area contributed by atoms with Crippen molar-refractivity contribution in [3.63, 3.8) is 0 Å². The average Bonchev–Trinajstić information content (AvgIpc) is 2.33. The van der Waals surface area contributed by atoms with Crippen molar-refractivity contribution in [3.05, 3.63) is 56.7 Å². The summed E-state index contributed by atoms with van der Waals surface area (Å²) in [5.41, 5.74) is 0.701. The molecule has 2 N–H and O–H groups in total. The van der Waals surface area contributed by atoms with E-state index in [4.69, 9.17) is 5.11 Å². The van der Waals surface area contributed by atoms with Crippen molar-refractivity contribution in [1.82, 2.24) is 0 Å². The Morgan fingerprint density at radius 3 is 2.53 bits per heavy atom. The summed E-state index contributed by atoms with van der Waals surface area (Å²) in [7, 11) is 0. The summed E-state index contributed by atoms with van der Waals surface area (Å²) in [5, 5.41) is 11.6. The number of anilines is 1. The van der Waals surface area contributed by atoms with Gasteiger partial charge in [-0.3, -0.25) is 4.79 Å². The molecule has 2 aromatic rings. The number of phenolic OH excluding ortho intramolecular Hbond substituents is 1. The number of hydrogen-bond donors (Lipinski definition) is 2. The number of aromatic hydroxyl groups is 1. The molecule has 1 amide bonds. The van der Waals surface area contributed by atoms with Crippen LogP contribution in [0.3, 0.4) is 0 Å². The topological polar surface area (TPSA) is 49.3 Å². The van der Waals surface area contributed by atoms with Crippen LogP contribution in [0.25, 0.3) is 0 Å². The van der Waals surface area contributed by atoms with Gasteiger partial charge < -0.3 is 10.4 Å². The number of phenols is 1. The molecule has 0 fully saturated rings. The molecule has 2 rings (SSSR count). The zero-order valence-electron chi connectivity index (χ0n) is 9.45. The lowest BCUT2D eigenvalue weighted by molar-refractivity contribution is 0.102. The summed E-state index contributed by atoms with van der Waals surface area (Å²) in [4.78, 5) is 12.0. The molecule has 19 heavy (non-hydrogen) atoms. The molecule has 2 aromatic carbocycles. The van der Waals surface area contributed by atoms with Crippen LogP contribution in [0.15, 0.2) is 45.3 Å². The highest BCUT2D eigenvalue weighted by Crippen LogP contribution is 2.24. The Morgan fingerprint density at radius 1 is 1.16 bits per heavy atom. The zero-order valence-corrected chi connectivity index (χ0v) is 12.6. The Kier molecular flexibility index (Phi) is 4.21. The van der Waals surface area contributed by atoms with Gasteiger partial charge in [0.25, 0.3) is 5.91 Å². The SMILES string of the molecule is O=C(Nc1ccc(O)c(F)c1)c1ccc(Br)cc1Br. The third kappa shape index (κ3) is 3.33. The second-order valence-corrected chi connectivity index (χ2v) is 5.51. The lowest BCUT2D eigenvalue weighted by Crippen LogP contribution is -2.12. The van der Waals surface area contributed by atoms with E-state index in [0.29, 0.717) is 10.0 Å². The molecule has 6 heteroatoms. The highest BCUT2D eigenvalue weighted by atomic mass is 79.9. The van der Waals surface area contributed by atoms with Crippen LogP contribution in [-0.2, 0) is 0 Å². The van der Waals surface area contributed by atoms with Crippen LogP contribution in [0.1, 0.15) is 10.4 Å². The van der Waals surface area contributed by atoms with Crippen molar-refractivity contribution in [1.29, 1.82) is 0 Å². The van der Waals surface area contributed by atoms with E-state index in [1.807, 2.05) is 0 Å². The summed E-state index contributed by atoms with van der Waals surface area (Å²) < 4.78 is 14.6. The normalized spacial score (nSPS) is 10.3. The molecule has 0 heterocycles. The molecule has 0 aliphatic rings. The maximum absolute atomic E-state index is 13.1. The largest absolute Gasteiger partial charge is 0.505 e. The average molecular weight is 389 g/mol. The van der Waals surface area contributed by atoms with Crippen LogP contribution < -0.4 is 5.32 Å². The first-order valence-corrected chi connectivity index (χ1v) is 6.81. The summed E-state index contributed by atoms with van der Waals surface area (Å²) >= 11 is 6.57. The van der Waals surface area contributed by atoms with Crippen molar-refractivity contribution in [2.75, 3.05) is 5.32 Å². The molecule has 0 radical (unpaired) electrons. The number of halogens is 3. The highest BCUT2D eigenvalue weighted by Gasteiger charge is 2.11. The van der Waals surface area contributed by atoms with Gasteiger partial charge in [0.2, 0.25) is 0 Å². The molecule has 0 bridgehead atoms. The second-order valence-electron chi connectivity index (χ2n) is 3.74. The molecule has 0 aromatic heterocycles. The summed E-state index contributed by atoms with van der Waals surface area (Å²) in [6, 6.07) is 8.77. The van der Waals surface area contributed by atoms with Gasteiger partial charge in [0.1, 0.15) is 0 Å². The summed E-state index contributed by atoms with van der Waals surface area (Å²) in [6.07, 6.45) is 0. The Labute approximate surface area is 125 Å². The van der Waals surface area contributed by atoms with Gasteiger partial charge in [-0.15, -0.1) is 0 Å². The maximum Gasteiger partial charge on any atom is 0.256 e. The van der Waals surface area contributed by atoms with Crippen molar-refractivity contribution >= 4 is 43.5 Å². The molecule has 3 nitrogen and oxygen atoms in total. The second kappa shape index (κ2) is 5.71. The van der Waals surface area contributed by atoms with Gasteiger partial charge >= 0.3 is 0 Å². The quantitative estimate of drug-likeness (QED) is 0.753. The van der Waals surface area contributed by atoms with Gasteiger partial charge in [-0.25, -0.2) is 4.39 Å². The standard InChI is InChI=1S/C13H8Br2FNO2/c14-7-1-3-9(10(15)5-7)13(19)17-8-2-4-12(18)11(16)6-8/h1-6,18H,(H,17,19). The zero-order chi connectivity index (χ0) is 14.0. The number of rotatable bonds is 2. The maximum atomic E-state index is 13.1.